The van der Waals surface area contributed by atoms with Crippen molar-refractivity contribution in [2.24, 2.45) is 0 Å². The van der Waals surface area contributed by atoms with Gasteiger partial charge in [-0.1, -0.05) is 0 Å². The normalized spacial score (nSPS) is 13.3. The second-order valence-corrected chi connectivity index (χ2v) is 6.36. The van der Waals surface area contributed by atoms with Gasteiger partial charge in [-0.25, -0.2) is 17.9 Å². The molecule has 0 aliphatic carbocycles. The number of hydrogen-bond donors (Lipinski definition) is 2. The molecule has 0 radical (unpaired) electrons. The zero-order valence-corrected chi connectivity index (χ0v) is 12.0. The Hall–Kier alpha value is -0.960. The first kappa shape index (κ1) is 15.1. The summed E-state index contributed by atoms with van der Waals surface area (Å²) in [6.45, 7) is 2.14. The third kappa shape index (κ3) is 3.77. The zero-order chi connectivity index (χ0) is 13.8. The van der Waals surface area contributed by atoms with Crippen molar-refractivity contribution in [1.29, 1.82) is 0 Å². The molecule has 102 valence electrons. The van der Waals surface area contributed by atoms with E-state index in [1.807, 2.05) is 6.92 Å². The average Bonchev–Trinajstić information content (AvgIpc) is 2.85. The maximum Gasteiger partial charge on any atom is 0.348 e. The molecule has 0 saturated heterocycles. The van der Waals surface area contributed by atoms with Gasteiger partial charge in [-0.05, 0) is 20.0 Å². The van der Waals surface area contributed by atoms with Crippen LogP contribution in [0.5, 0.6) is 0 Å². The lowest BCUT2D eigenvalue weighted by molar-refractivity contribution is 0.0606. The summed E-state index contributed by atoms with van der Waals surface area (Å²) >= 11 is 1.04. The SMILES string of the molecule is CNC(C)CNS(=O)(=O)c1csc(C(=O)OC)c1. The van der Waals surface area contributed by atoms with Crippen LogP contribution >= 0.6 is 11.3 Å². The molecule has 0 saturated carbocycles. The van der Waals surface area contributed by atoms with E-state index >= 15 is 0 Å². The van der Waals surface area contributed by atoms with E-state index < -0.39 is 16.0 Å². The molecule has 0 aliphatic heterocycles. The number of carbonyl (C=O) groups excluding carboxylic acids is 1. The van der Waals surface area contributed by atoms with Gasteiger partial charge in [-0.3, -0.25) is 0 Å². The lowest BCUT2D eigenvalue weighted by atomic mass is 10.4. The number of likely N-dealkylation sites (N-methyl/N-ethyl adjacent to an activating group) is 1. The zero-order valence-electron chi connectivity index (χ0n) is 10.4. The molecule has 6 nitrogen and oxygen atoms in total. The minimum atomic E-state index is -3.57. The van der Waals surface area contributed by atoms with E-state index in [1.165, 1.54) is 18.6 Å². The Kier molecular flexibility index (Phi) is 5.27. The molecule has 0 spiro atoms. The topological polar surface area (TPSA) is 84.5 Å². The second kappa shape index (κ2) is 6.28. The van der Waals surface area contributed by atoms with Crippen LogP contribution in [0.25, 0.3) is 0 Å². The first-order valence-electron chi connectivity index (χ1n) is 5.24. The van der Waals surface area contributed by atoms with Crippen molar-refractivity contribution in [3.8, 4) is 0 Å². The molecule has 1 heterocycles. The first-order valence-corrected chi connectivity index (χ1v) is 7.60. The van der Waals surface area contributed by atoms with Gasteiger partial charge in [0.15, 0.2) is 0 Å². The van der Waals surface area contributed by atoms with Crippen LogP contribution in [-0.4, -0.2) is 41.1 Å². The average molecular weight is 292 g/mol. The summed E-state index contributed by atoms with van der Waals surface area (Å²) in [5.74, 6) is -0.537. The van der Waals surface area contributed by atoms with Crippen LogP contribution in [-0.2, 0) is 14.8 Å². The van der Waals surface area contributed by atoms with Crippen LogP contribution in [0.3, 0.4) is 0 Å². The molecule has 0 aromatic carbocycles. The highest BCUT2D eigenvalue weighted by molar-refractivity contribution is 7.89. The van der Waals surface area contributed by atoms with E-state index in [1.54, 1.807) is 7.05 Å². The number of carbonyl (C=O) groups is 1. The predicted octanol–water partition coefficient (Wildman–Crippen LogP) is 0.421. The lowest BCUT2D eigenvalue weighted by Crippen LogP contribution is -2.37. The van der Waals surface area contributed by atoms with Crippen LogP contribution in [0.15, 0.2) is 16.3 Å². The number of thiophene rings is 1. The molecule has 2 N–H and O–H groups in total. The maximum absolute atomic E-state index is 11.9. The Labute approximate surface area is 110 Å². The van der Waals surface area contributed by atoms with Crippen molar-refractivity contribution in [1.82, 2.24) is 10.0 Å². The summed E-state index contributed by atoms with van der Waals surface area (Å²) in [7, 11) is -0.572. The number of ether oxygens (including phenoxy) is 1. The van der Waals surface area contributed by atoms with E-state index in [2.05, 4.69) is 14.8 Å². The Morgan fingerprint density at radius 1 is 1.56 bits per heavy atom. The van der Waals surface area contributed by atoms with Crippen molar-refractivity contribution in [2.75, 3.05) is 20.7 Å². The fraction of sp³-hybridized carbons (Fsp3) is 0.500. The largest absolute Gasteiger partial charge is 0.465 e. The summed E-state index contributed by atoms with van der Waals surface area (Å²) < 4.78 is 30.8. The van der Waals surface area contributed by atoms with Crippen LogP contribution in [0.1, 0.15) is 16.6 Å². The van der Waals surface area contributed by atoms with E-state index in [4.69, 9.17) is 0 Å². The molecular formula is C10H16N2O4S2. The summed E-state index contributed by atoms with van der Waals surface area (Å²) in [5, 5.41) is 4.34. The molecule has 0 fully saturated rings. The molecule has 1 aromatic rings. The van der Waals surface area contributed by atoms with E-state index in [9.17, 15) is 13.2 Å². The van der Waals surface area contributed by atoms with Gasteiger partial charge in [0.1, 0.15) is 4.88 Å². The second-order valence-electron chi connectivity index (χ2n) is 3.68. The van der Waals surface area contributed by atoms with Gasteiger partial charge >= 0.3 is 5.97 Å². The number of sulfonamides is 1. The van der Waals surface area contributed by atoms with Crippen molar-refractivity contribution >= 4 is 27.3 Å². The van der Waals surface area contributed by atoms with Gasteiger partial charge in [-0.2, -0.15) is 0 Å². The molecule has 18 heavy (non-hydrogen) atoms. The number of rotatable bonds is 6. The number of methoxy groups -OCH3 is 1. The fourth-order valence-corrected chi connectivity index (χ4v) is 3.41. The number of hydrogen-bond acceptors (Lipinski definition) is 6. The summed E-state index contributed by atoms with van der Waals surface area (Å²) in [4.78, 5) is 11.6. The molecule has 0 bridgehead atoms. The highest BCUT2D eigenvalue weighted by Gasteiger charge is 2.19. The minimum Gasteiger partial charge on any atom is -0.465 e. The van der Waals surface area contributed by atoms with Crippen LogP contribution in [0, 0.1) is 0 Å². The standard InChI is InChI=1S/C10H16N2O4S2/c1-7(11-2)5-12-18(14,15)8-4-9(17-6-8)10(13)16-3/h4,6-7,11-12H,5H2,1-3H3. The molecule has 0 aliphatic rings. The first-order chi connectivity index (χ1) is 8.40. The van der Waals surface area contributed by atoms with E-state index in [0.29, 0.717) is 0 Å². The highest BCUT2D eigenvalue weighted by Crippen LogP contribution is 2.19. The van der Waals surface area contributed by atoms with Crippen LogP contribution < -0.4 is 10.0 Å². The molecule has 8 heteroatoms. The van der Waals surface area contributed by atoms with Crippen LogP contribution in [0.4, 0.5) is 0 Å². The Bertz CT molecular complexity index is 510. The minimum absolute atomic E-state index is 0.0264. The summed E-state index contributed by atoms with van der Waals surface area (Å²) in [6.07, 6.45) is 0. The van der Waals surface area contributed by atoms with Crippen molar-refractivity contribution in [3.63, 3.8) is 0 Å². The van der Waals surface area contributed by atoms with Gasteiger partial charge in [-0.15, -0.1) is 11.3 Å². The third-order valence-electron chi connectivity index (χ3n) is 2.34. The summed E-state index contributed by atoms with van der Waals surface area (Å²) in [6, 6.07) is 1.33. The molecule has 0 amide bonds. The van der Waals surface area contributed by atoms with Gasteiger partial charge in [0.2, 0.25) is 10.0 Å². The van der Waals surface area contributed by atoms with E-state index in [-0.39, 0.29) is 22.4 Å². The maximum atomic E-state index is 11.9. The predicted molar refractivity (Wildman–Crippen MR) is 69.4 cm³/mol. The fourth-order valence-electron chi connectivity index (χ4n) is 1.09. The molecule has 1 aromatic heterocycles. The van der Waals surface area contributed by atoms with Crippen molar-refractivity contribution in [2.45, 2.75) is 17.9 Å². The van der Waals surface area contributed by atoms with Gasteiger partial charge < -0.3 is 10.1 Å². The Balaban J connectivity index is 2.79. The molecule has 1 unspecified atom stereocenters. The monoisotopic (exact) mass is 292 g/mol. The number of esters is 1. The molecular weight excluding hydrogens is 276 g/mol. The number of nitrogens with one attached hydrogen (secondary N) is 2. The Morgan fingerprint density at radius 2 is 2.22 bits per heavy atom. The lowest BCUT2D eigenvalue weighted by Gasteiger charge is -2.10. The van der Waals surface area contributed by atoms with Crippen molar-refractivity contribution in [3.05, 3.63) is 16.3 Å². The van der Waals surface area contributed by atoms with Crippen molar-refractivity contribution < 1.29 is 17.9 Å². The Morgan fingerprint density at radius 3 is 2.78 bits per heavy atom. The third-order valence-corrected chi connectivity index (χ3v) is 4.81. The van der Waals surface area contributed by atoms with Gasteiger partial charge in [0, 0.05) is 18.0 Å². The van der Waals surface area contributed by atoms with Crippen LogP contribution in [0.2, 0.25) is 0 Å². The van der Waals surface area contributed by atoms with E-state index in [0.717, 1.165) is 11.3 Å². The molecule has 1 atom stereocenters. The van der Waals surface area contributed by atoms with Gasteiger partial charge in [0.25, 0.3) is 0 Å². The molecule has 1 rings (SSSR count). The van der Waals surface area contributed by atoms with Gasteiger partial charge in [0.05, 0.1) is 12.0 Å². The quantitative estimate of drug-likeness (QED) is 0.742. The highest BCUT2D eigenvalue weighted by atomic mass is 32.2. The summed E-state index contributed by atoms with van der Waals surface area (Å²) in [5.41, 5.74) is 0. The smallest absolute Gasteiger partial charge is 0.348 e.